The highest BCUT2D eigenvalue weighted by atomic mass is 16.5. The molecular formula is C8H12O4. The molecule has 0 unspecified atom stereocenters. The maximum Gasteiger partial charge on any atom is 0.194 e. The second kappa shape index (κ2) is 5.51. The normalized spacial score (nSPS) is 9.08. The average molecular weight is 172 g/mol. The van der Waals surface area contributed by atoms with Gasteiger partial charge >= 0.3 is 0 Å². The van der Waals surface area contributed by atoms with E-state index in [4.69, 9.17) is 14.6 Å². The van der Waals surface area contributed by atoms with Gasteiger partial charge in [-0.3, -0.25) is 4.79 Å². The molecule has 1 rings (SSSR count). The number of rotatable bonds is 1. The predicted octanol–water partition coefficient (Wildman–Crippen LogP) is 0.799. The van der Waals surface area contributed by atoms with Gasteiger partial charge in [0.2, 0.25) is 0 Å². The molecule has 4 heteroatoms. The smallest absolute Gasteiger partial charge is 0.194 e. The molecule has 4 nitrogen and oxygen atoms in total. The minimum absolute atomic E-state index is 0.0324. The molecule has 68 valence electrons. The molecule has 2 N–H and O–H groups in total. The van der Waals surface area contributed by atoms with Crippen molar-refractivity contribution in [3.8, 4) is 0 Å². The van der Waals surface area contributed by atoms with Crippen LogP contribution >= 0.6 is 0 Å². The second-order valence-corrected chi connectivity index (χ2v) is 2.17. The van der Waals surface area contributed by atoms with Gasteiger partial charge in [-0.2, -0.15) is 0 Å². The van der Waals surface area contributed by atoms with Crippen molar-refractivity contribution in [1.29, 1.82) is 0 Å². The van der Waals surface area contributed by atoms with Gasteiger partial charge in [-0.1, -0.05) is 0 Å². The van der Waals surface area contributed by atoms with Gasteiger partial charge in [0, 0.05) is 6.92 Å². The Balaban J connectivity index is 0.000000261. The number of carbonyl (C=O) groups excluding carboxylic acids is 1. The SMILES string of the molecule is CC(=O)c1ccco1.CC(O)O. The van der Waals surface area contributed by atoms with Crippen molar-refractivity contribution >= 4 is 5.78 Å². The lowest BCUT2D eigenvalue weighted by molar-refractivity contribution is -0.0228. The van der Waals surface area contributed by atoms with Crippen molar-refractivity contribution in [1.82, 2.24) is 0 Å². The van der Waals surface area contributed by atoms with E-state index in [1.54, 1.807) is 12.1 Å². The molecule has 0 aromatic carbocycles. The van der Waals surface area contributed by atoms with Gasteiger partial charge in [0.25, 0.3) is 0 Å². The average Bonchev–Trinajstić information content (AvgIpc) is 2.34. The Morgan fingerprint density at radius 3 is 2.25 bits per heavy atom. The van der Waals surface area contributed by atoms with Crippen LogP contribution in [0.3, 0.4) is 0 Å². The Morgan fingerprint density at radius 1 is 1.58 bits per heavy atom. The summed E-state index contributed by atoms with van der Waals surface area (Å²) < 4.78 is 4.75. The topological polar surface area (TPSA) is 70.7 Å². The van der Waals surface area contributed by atoms with Crippen LogP contribution in [0.5, 0.6) is 0 Å². The third-order valence-electron chi connectivity index (χ3n) is 0.868. The van der Waals surface area contributed by atoms with Crippen molar-refractivity contribution in [2.75, 3.05) is 0 Å². The first-order valence-corrected chi connectivity index (χ1v) is 3.44. The highest BCUT2D eigenvalue weighted by Crippen LogP contribution is 1.98. The minimum Gasteiger partial charge on any atom is -0.461 e. The van der Waals surface area contributed by atoms with E-state index in [-0.39, 0.29) is 5.78 Å². The summed E-state index contributed by atoms with van der Waals surface area (Å²) in [4.78, 5) is 10.4. The summed E-state index contributed by atoms with van der Waals surface area (Å²) in [7, 11) is 0. The van der Waals surface area contributed by atoms with Gasteiger partial charge in [-0.15, -0.1) is 0 Å². The van der Waals surface area contributed by atoms with Crippen molar-refractivity contribution in [3.05, 3.63) is 24.2 Å². The van der Waals surface area contributed by atoms with Crippen LogP contribution in [-0.4, -0.2) is 22.3 Å². The van der Waals surface area contributed by atoms with Crippen LogP contribution in [-0.2, 0) is 0 Å². The molecule has 0 spiro atoms. The molecule has 1 heterocycles. The maximum atomic E-state index is 10.4. The lowest BCUT2D eigenvalue weighted by Gasteiger charge is -1.80. The van der Waals surface area contributed by atoms with E-state index in [1.807, 2.05) is 0 Å². The summed E-state index contributed by atoms with van der Waals surface area (Å²) in [5, 5.41) is 15.2. The zero-order valence-corrected chi connectivity index (χ0v) is 7.02. The molecule has 0 fully saturated rings. The zero-order valence-electron chi connectivity index (χ0n) is 7.02. The van der Waals surface area contributed by atoms with Crippen molar-refractivity contribution < 1.29 is 19.4 Å². The summed E-state index contributed by atoms with van der Waals surface area (Å²) in [5.74, 6) is 0.389. The van der Waals surface area contributed by atoms with Gasteiger partial charge in [-0.25, -0.2) is 0 Å². The minimum atomic E-state index is -1.17. The Kier molecular flexibility index (Phi) is 4.99. The summed E-state index contributed by atoms with van der Waals surface area (Å²) in [6.45, 7) is 2.75. The van der Waals surface area contributed by atoms with Crippen LogP contribution in [0.2, 0.25) is 0 Å². The van der Waals surface area contributed by atoms with Crippen molar-refractivity contribution in [2.24, 2.45) is 0 Å². The van der Waals surface area contributed by atoms with Crippen molar-refractivity contribution in [2.45, 2.75) is 20.1 Å². The van der Waals surface area contributed by atoms with E-state index in [2.05, 4.69) is 0 Å². The van der Waals surface area contributed by atoms with Gasteiger partial charge in [-0.05, 0) is 19.1 Å². The Labute approximate surface area is 70.4 Å². The number of aliphatic hydroxyl groups is 2. The molecule has 0 saturated heterocycles. The van der Waals surface area contributed by atoms with Gasteiger partial charge < -0.3 is 14.6 Å². The van der Waals surface area contributed by atoms with Crippen LogP contribution < -0.4 is 0 Å². The summed E-state index contributed by atoms with van der Waals surface area (Å²) in [6.07, 6.45) is 0.316. The van der Waals surface area contributed by atoms with E-state index < -0.39 is 6.29 Å². The van der Waals surface area contributed by atoms with Crippen LogP contribution in [0.4, 0.5) is 0 Å². The van der Waals surface area contributed by atoms with Gasteiger partial charge in [0.1, 0.15) is 6.29 Å². The molecule has 0 aliphatic carbocycles. The number of carbonyl (C=O) groups is 1. The number of hydrogen-bond acceptors (Lipinski definition) is 4. The molecule has 0 atom stereocenters. The van der Waals surface area contributed by atoms with E-state index in [9.17, 15) is 4.79 Å². The number of aliphatic hydroxyl groups excluding tert-OH is 1. The monoisotopic (exact) mass is 172 g/mol. The molecule has 0 aliphatic rings. The maximum absolute atomic E-state index is 10.4. The van der Waals surface area contributed by atoms with E-state index in [0.29, 0.717) is 5.76 Å². The van der Waals surface area contributed by atoms with Crippen LogP contribution in [0.25, 0.3) is 0 Å². The Morgan fingerprint density at radius 2 is 2.08 bits per heavy atom. The molecule has 1 aromatic rings. The fourth-order valence-corrected chi connectivity index (χ4v) is 0.479. The standard InChI is InChI=1S/C6H6O2.C2H6O2/c1-5(7)6-3-2-4-8-6;1-2(3)4/h2-4H,1H3;2-4H,1H3. The first-order chi connectivity index (χ1) is 5.54. The number of Topliss-reactive ketones (excluding diaryl/α,β-unsaturated/α-hetero) is 1. The largest absolute Gasteiger partial charge is 0.461 e. The van der Waals surface area contributed by atoms with Crippen LogP contribution in [0.15, 0.2) is 22.8 Å². The van der Waals surface area contributed by atoms with Gasteiger partial charge in [0.15, 0.2) is 11.5 Å². The predicted molar refractivity (Wildman–Crippen MR) is 42.6 cm³/mol. The molecule has 1 aromatic heterocycles. The third-order valence-corrected chi connectivity index (χ3v) is 0.868. The summed E-state index contributed by atoms with van der Waals surface area (Å²) in [6, 6.07) is 3.33. The van der Waals surface area contributed by atoms with Gasteiger partial charge in [0.05, 0.1) is 6.26 Å². The zero-order chi connectivity index (χ0) is 9.56. The third kappa shape index (κ3) is 5.64. The molecule has 0 amide bonds. The number of furan rings is 1. The number of hydrogen-bond donors (Lipinski definition) is 2. The molecular weight excluding hydrogens is 160 g/mol. The van der Waals surface area contributed by atoms with E-state index >= 15 is 0 Å². The highest BCUT2D eigenvalue weighted by molar-refractivity contribution is 5.91. The Hall–Kier alpha value is -1.13. The highest BCUT2D eigenvalue weighted by Gasteiger charge is 1.97. The first kappa shape index (κ1) is 10.9. The lowest BCUT2D eigenvalue weighted by atomic mass is 10.3. The molecule has 0 aliphatic heterocycles. The fraction of sp³-hybridized carbons (Fsp3) is 0.375. The second-order valence-electron chi connectivity index (χ2n) is 2.17. The summed E-state index contributed by atoms with van der Waals surface area (Å²) >= 11 is 0. The molecule has 12 heavy (non-hydrogen) atoms. The first-order valence-electron chi connectivity index (χ1n) is 3.44. The quantitative estimate of drug-likeness (QED) is 0.485. The Bertz CT molecular complexity index is 210. The molecule has 0 radical (unpaired) electrons. The molecule has 0 saturated carbocycles. The van der Waals surface area contributed by atoms with E-state index in [1.165, 1.54) is 20.1 Å². The lowest BCUT2D eigenvalue weighted by Crippen LogP contribution is -1.92. The number of ketones is 1. The molecule has 0 bridgehead atoms. The van der Waals surface area contributed by atoms with Crippen LogP contribution in [0.1, 0.15) is 24.4 Å². The van der Waals surface area contributed by atoms with E-state index in [0.717, 1.165) is 0 Å². The fourth-order valence-electron chi connectivity index (χ4n) is 0.479. The van der Waals surface area contributed by atoms with Crippen LogP contribution in [0, 0.1) is 0 Å². The summed E-state index contributed by atoms with van der Waals surface area (Å²) in [5.41, 5.74) is 0. The van der Waals surface area contributed by atoms with Crippen molar-refractivity contribution in [3.63, 3.8) is 0 Å².